The molecule has 1 saturated carbocycles. The third kappa shape index (κ3) is 1.45. The highest BCUT2D eigenvalue weighted by Crippen LogP contribution is 2.56. The number of hydrogen-bond acceptors (Lipinski definition) is 4. The molecule has 5 heteroatoms. The number of carbonyl (C=O) groups is 2. The Balaban J connectivity index is 1.57. The molecule has 5 aliphatic rings. The van der Waals surface area contributed by atoms with Gasteiger partial charge < -0.3 is 4.74 Å². The van der Waals surface area contributed by atoms with E-state index in [4.69, 9.17) is 4.74 Å². The monoisotopic (exact) mass is 308 g/mol. The fourth-order valence-corrected chi connectivity index (χ4v) is 4.80. The maximum atomic E-state index is 13.0. The number of para-hydroxylation sites is 1. The first kappa shape index (κ1) is 13.0. The standard InChI is InChI=1S/C18H16N2O3/c1-23-16-14-10-7-8-11(15(14)19-16)13-12(10)17(21)20(18(13)22)9-5-3-2-4-6-9/h2-8,10-15H,1H3. The molecular weight excluding hydrogens is 292 g/mol. The Bertz CT molecular complexity index is 770. The lowest BCUT2D eigenvalue weighted by Gasteiger charge is -2.52. The number of imide groups is 1. The minimum Gasteiger partial charge on any atom is -0.484 e. The summed E-state index contributed by atoms with van der Waals surface area (Å²) in [6, 6.07) is 9.29. The van der Waals surface area contributed by atoms with Crippen LogP contribution in [0.4, 0.5) is 5.69 Å². The summed E-state index contributed by atoms with van der Waals surface area (Å²) in [5.41, 5.74) is 0.663. The zero-order chi connectivity index (χ0) is 15.7. The zero-order valence-electron chi connectivity index (χ0n) is 12.6. The molecule has 2 heterocycles. The van der Waals surface area contributed by atoms with E-state index < -0.39 is 0 Å². The number of rotatable bonds is 1. The van der Waals surface area contributed by atoms with Crippen LogP contribution in [-0.2, 0) is 14.3 Å². The van der Waals surface area contributed by atoms with Gasteiger partial charge in [-0.05, 0) is 12.1 Å². The highest BCUT2D eigenvalue weighted by Gasteiger charge is 2.66. The smallest absolute Gasteiger partial charge is 0.238 e. The van der Waals surface area contributed by atoms with Gasteiger partial charge in [0.05, 0.1) is 36.6 Å². The van der Waals surface area contributed by atoms with Crippen LogP contribution in [0, 0.1) is 29.6 Å². The predicted molar refractivity (Wildman–Crippen MR) is 83.8 cm³/mol. The van der Waals surface area contributed by atoms with E-state index in [9.17, 15) is 9.59 Å². The zero-order valence-corrected chi connectivity index (χ0v) is 12.6. The van der Waals surface area contributed by atoms with E-state index in [2.05, 4.69) is 17.1 Å². The van der Waals surface area contributed by atoms with Crippen molar-refractivity contribution in [2.24, 2.45) is 34.6 Å². The largest absolute Gasteiger partial charge is 0.484 e. The van der Waals surface area contributed by atoms with Crippen LogP contribution in [0.3, 0.4) is 0 Å². The summed E-state index contributed by atoms with van der Waals surface area (Å²) >= 11 is 0. The number of hydrogen-bond donors (Lipinski definition) is 0. The lowest BCUT2D eigenvalue weighted by molar-refractivity contribution is -0.126. The summed E-state index contributed by atoms with van der Waals surface area (Å²) in [6.45, 7) is 0. The molecule has 0 N–H and O–H groups in total. The third-order valence-corrected chi connectivity index (χ3v) is 5.74. The lowest BCUT2D eigenvalue weighted by Crippen LogP contribution is -2.59. The van der Waals surface area contributed by atoms with Crippen LogP contribution in [-0.4, -0.2) is 30.9 Å². The number of benzene rings is 1. The van der Waals surface area contributed by atoms with E-state index in [-0.39, 0.29) is 47.4 Å². The highest BCUT2D eigenvalue weighted by atomic mass is 16.5. The SMILES string of the molecule is COC1=NC2C3C=CC(C12)C1C(=O)N(c2ccccc2)C(=O)C31. The average Bonchev–Trinajstić information content (AvgIpc) is 2.82. The average molecular weight is 308 g/mol. The molecule has 1 aromatic rings. The van der Waals surface area contributed by atoms with Crippen LogP contribution in [0.25, 0.3) is 0 Å². The number of anilines is 1. The molecule has 6 rings (SSSR count). The molecule has 6 atom stereocenters. The van der Waals surface area contributed by atoms with Crippen molar-refractivity contribution in [1.82, 2.24) is 0 Å². The topological polar surface area (TPSA) is 59.0 Å². The van der Waals surface area contributed by atoms with Gasteiger partial charge in [0.15, 0.2) is 5.90 Å². The van der Waals surface area contributed by atoms with Crippen molar-refractivity contribution >= 4 is 23.4 Å². The Hall–Kier alpha value is -2.43. The molecule has 3 aliphatic carbocycles. The van der Waals surface area contributed by atoms with Gasteiger partial charge in [0.1, 0.15) is 0 Å². The lowest BCUT2D eigenvalue weighted by atomic mass is 9.54. The van der Waals surface area contributed by atoms with Crippen molar-refractivity contribution in [2.45, 2.75) is 6.04 Å². The molecule has 1 saturated heterocycles. The van der Waals surface area contributed by atoms with Crippen molar-refractivity contribution in [3.63, 3.8) is 0 Å². The molecular formula is C18H16N2O3. The minimum absolute atomic E-state index is 0.0130. The summed E-state index contributed by atoms with van der Waals surface area (Å²) in [5, 5.41) is 0. The van der Waals surface area contributed by atoms with Gasteiger partial charge in [-0.3, -0.25) is 19.5 Å². The number of amides is 2. The molecule has 2 fully saturated rings. The van der Waals surface area contributed by atoms with E-state index in [0.717, 1.165) is 5.90 Å². The van der Waals surface area contributed by atoms with Gasteiger partial charge in [0.25, 0.3) is 0 Å². The Morgan fingerprint density at radius 1 is 0.957 bits per heavy atom. The quantitative estimate of drug-likeness (QED) is 0.585. The van der Waals surface area contributed by atoms with Gasteiger partial charge in [0, 0.05) is 11.8 Å². The van der Waals surface area contributed by atoms with E-state index in [1.807, 2.05) is 30.3 Å². The molecule has 2 aliphatic heterocycles. The van der Waals surface area contributed by atoms with Crippen LogP contribution < -0.4 is 4.90 Å². The van der Waals surface area contributed by atoms with Crippen LogP contribution >= 0.6 is 0 Å². The van der Waals surface area contributed by atoms with Crippen LogP contribution in [0.5, 0.6) is 0 Å². The van der Waals surface area contributed by atoms with Crippen LogP contribution in [0.15, 0.2) is 47.5 Å². The second-order valence-corrected chi connectivity index (χ2v) is 6.63. The number of carbonyl (C=O) groups excluding carboxylic acids is 2. The molecule has 2 amide bonds. The number of allylic oxidation sites excluding steroid dienone is 1. The molecule has 0 radical (unpaired) electrons. The number of nitrogens with zero attached hydrogens (tertiary/aromatic N) is 2. The maximum absolute atomic E-state index is 13.0. The number of aliphatic imine (C=N–C) groups is 1. The van der Waals surface area contributed by atoms with Crippen molar-refractivity contribution in [1.29, 1.82) is 0 Å². The first-order chi connectivity index (χ1) is 11.2. The van der Waals surface area contributed by atoms with Crippen molar-refractivity contribution in [2.75, 3.05) is 12.0 Å². The predicted octanol–water partition coefficient (Wildman–Crippen LogP) is 1.65. The Morgan fingerprint density at radius 3 is 2.30 bits per heavy atom. The summed E-state index contributed by atoms with van der Waals surface area (Å²) < 4.78 is 5.34. The first-order valence-corrected chi connectivity index (χ1v) is 7.95. The molecule has 5 nitrogen and oxygen atoms in total. The van der Waals surface area contributed by atoms with E-state index in [0.29, 0.717) is 5.69 Å². The Labute approximate surface area is 133 Å². The molecule has 2 bridgehead atoms. The summed E-state index contributed by atoms with van der Waals surface area (Å²) in [6.07, 6.45) is 4.18. The Morgan fingerprint density at radius 2 is 1.61 bits per heavy atom. The fourth-order valence-electron chi connectivity index (χ4n) is 4.80. The number of ether oxygens (including phenoxy) is 1. The minimum atomic E-state index is -0.278. The second kappa shape index (κ2) is 4.31. The van der Waals surface area contributed by atoms with Crippen molar-refractivity contribution in [3.05, 3.63) is 42.5 Å². The van der Waals surface area contributed by atoms with Gasteiger partial charge in [-0.2, -0.15) is 0 Å². The van der Waals surface area contributed by atoms with Crippen LogP contribution in [0.2, 0.25) is 0 Å². The van der Waals surface area contributed by atoms with E-state index >= 15 is 0 Å². The first-order valence-electron chi connectivity index (χ1n) is 7.95. The number of methoxy groups -OCH3 is 1. The fraction of sp³-hybridized carbons (Fsp3) is 0.389. The van der Waals surface area contributed by atoms with E-state index in [1.165, 1.54) is 4.90 Å². The molecule has 1 aromatic carbocycles. The highest BCUT2D eigenvalue weighted by molar-refractivity contribution is 6.23. The van der Waals surface area contributed by atoms with E-state index in [1.54, 1.807) is 7.11 Å². The third-order valence-electron chi connectivity index (χ3n) is 5.74. The molecule has 6 unspecified atom stereocenters. The van der Waals surface area contributed by atoms with Crippen molar-refractivity contribution in [3.8, 4) is 0 Å². The maximum Gasteiger partial charge on any atom is 0.238 e. The molecule has 0 aromatic heterocycles. The van der Waals surface area contributed by atoms with Crippen LogP contribution in [0.1, 0.15) is 0 Å². The summed E-state index contributed by atoms with van der Waals surface area (Å²) in [7, 11) is 1.62. The van der Waals surface area contributed by atoms with Gasteiger partial charge >= 0.3 is 0 Å². The van der Waals surface area contributed by atoms with Gasteiger partial charge in [0.2, 0.25) is 11.8 Å². The van der Waals surface area contributed by atoms with Crippen molar-refractivity contribution < 1.29 is 14.3 Å². The Kier molecular flexibility index (Phi) is 2.45. The van der Waals surface area contributed by atoms with Gasteiger partial charge in [-0.15, -0.1) is 0 Å². The normalized spacial score (nSPS) is 39.7. The molecule has 0 spiro atoms. The molecule has 116 valence electrons. The summed E-state index contributed by atoms with van der Waals surface area (Å²) in [4.78, 5) is 31.9. The van der Waals surface area contributed by atoms with Gasteiger partial charge in [-0.25, -0.2) is 0 Å². The second-order valence-electron chi connectivity index (χ2n) is 6.63. The van der Waals surface area contributed by atoms with Gasteiger partial charge in [-0.1, -0.05) is 30.4 Å². The summed E-state index contributed by atoms with van der Waals surface area (Å²) in [5.74, 6) is 0.207. The molecule has 23 heavy (non-hydrogen) atoms.